The van der Waals surface area contributed by atoms with E-state index in [1.54, 1.807) is 37.8 Å². The molecular formula is C20H19N5O. The Morgan fingerprint density at radius 3 is 2.58 bits per heavy atom. The Labute approximate surface area is 150 Å². The first-order chi connectivity index (χ1) is 12.6. The highest BCUT2D eigenvalue weighted by Crippen LogP contribution is 2.29. The highest BCUT2D eigenvalue weighted by molar-refractivity contribution is 5.97. The van der Waals surface area contributed by atoms with E-state index in [1.165, 1.54) is 0 Å². The summed E-state index contributed by atoms with van der Waals surface area (Å²) in [5.41, 5.74) is 16.9. The molecule has 5 N–H and O–H groups in total. The van der Waals surface area contributed by atoms with Crippen LogP contribution in [0, 0.1) is 6.92 Å². The summed E-state index contributed by atoms with van der Waals surface area (Å²) >= 11 is 0. The number of amides is 1. The molecule has 0 saturated carbocycles. The molecule has 0 bridgehead atoms. The fourth-order valence-electron chi connectivity index (χ4n) is 2.65. The second kappa shape index (κ2) is 7.48. The Morgan fingerprint density at radius 2 is 1.88 bits per heavy atom. The van der Waals surface area contributed by atoms with E-state index >= 15 is 0 Å². The maximum Gasteiger partial charge on any atom is 0.249 e. The topological polar surface area (TPSA) is 111 Å². The Hall–Kier alpha value is -3.67. The molecule has 0 aliphatic carbocycles. The van der Waals surface area contributed by atoms with Gasteiger partial charge in [0.15, 0.2) is 0 Å². The monoisotopic (exact) mass is 345 g/mol. The van der Waals surface area contributed by atoms with Gasteiger partial charge in [0.05, 0.1) is 17.4 Å². The van der Waals surface area contributed by atoms with Crippen molar-refractivity contribution >= 4 is 22.6 Å². The number of aromatic nitrogens is 3. The number of benzene rings is 2. The van der Waals surface area contributed by atoms with Crippen LogP contribution in [0.25, 0.3) is 22.2 Å². The molecule has 0 fully saturated rings. The van der Waals surface area contributed by atoms with Crippen LogP contribution in [0.1, 0.15) is 15.9 Å². The number of carbonyl (C=O) groups excluding carboxylic acids is 1. The number of nitrogen functional groups attached to an aromatic ring is 1. The van der Waals surface area contributed by atoms with Crippen LogP contribution in [0.2, 0.25) is 0 Å². The van der Waals surface area contributed by atoms with Crippen LogP contribution < -0.4 is 11.5 Å². The minimum Gasteiger partial charge on any atom is -0.398 e. The lowest BCUT2D eigenvalue weighted by molar-refractivity contribution is 0.1000. The largest absolute Gasteiger partial charge is 0.398 e. The number of aromatic amines is 1. The average Bonchev–Trinajstić information content (AvgIpc) is 3.13. The van der Waals surface area contributed by atoms with E-state index in [0.717, 1.165) is 22.2 Å². The van der Waals surface area contributed by atoms with Crippen molar-refractivity contribution in [1.82, 2.24) is 15.0 Å². The Bertz CT molecular complexity index is 1010. The average molecular weight is 345 g/mol. The summed E-state index contributed by atoms with van der Waals surface area (Å²) in [5, 5.41) is 0. The van der Waals surface area contributed by atoms with Crippen LogP contribution >= 0.6 is 0 Å². The zero-order valence-corrected chi connectivity index (χ0v) is 14.3. The Morgan fingerprint density at radius 1 is 1.08 bits per heavy atom. The fraction of sp³-hybridized carbons (Fsp3) is 0.0500. The van der Waals surface area contributed by atoms with Crippen LogP contribution in [0.5, 0.6) is 0 Å². The smallest absolute Gasteiger partial charge is 0.249 e. The molecule has 130 valence electrons. The number of hydrogen-bond donors (Lipinski definition) is 3. The van der Waals surface area contributed by atoms with E-state index in [4.69, 9.17) is 11.5 Å². The third kappa shape index (κ3) is 3.54. The molecule has 0 radical (unpaired) electrons. The Balaban J connectivity index is 0.000000181. The van der Waals surface area contributed by atoms with E-state index in [1.807, 2.05) is 36.4 Å². The number of nitrogens with zero attached hydrogens (tertiary/aromatic N) is 2. The molecule has 6 nitrogen and oxygen atoms in total. The van der Waals surface area contributed by atoms with Crippen LogP contribution in [0.15, 0.2) is 67.3 Å². The summed E-state index contributed by atoms with van der Waals surface area (Å²) in [6.45, 7) is 1.79. The molecule has 4 aromatic rings. The number of anilines is 1. The molecule has 0 atom stereocenters. The predicted octanol–water partition coefficient (Wildman–Crippen LogP) is 3.30. The van der Waals surface area contributed by atoms with Gasteiger partial charge in [0.25, 0.3) is 0 Å². The van der Waals surface area contributed by atoms with Crippen molar-refractivity contribution in [3.63, 3.8) is 0 Å². The van der Waals surface area contributed by atoms with E-state index in [0.29, 0.717) is 16.8 Å². The first kappa shape index (κ1) is 17.2. The van der Waals surface area contributed by atoms with Crippen LogP contribution in [0.4, 0.5) is 5.69 Å². The number of imidazole rings is 1. The summed E-state index contributed by atoms with van der Waals surface area (Å²) in [5.74, 6) is -0.466. The number of rotatable bonds is 2. The van der Waals surface area contributed by atoms with Crippen LogP contribution in [-0.2, 0) is 0 Å². The van der Waals surface area contributed by atoms with Gasteiger partial charge in [0, 0.05) is 34.8 Å². The quantitative estimate of drug-likeness (QED) is 0.484. The molecule has 0 saturated heterocycles. The summed E-state index contributed by atoms with van der Waals surface area (Å²) in [6.07, 6.45) is 5.13. The summed E-state index contributed by atoms with van der Waals surface area (Å²) in [4.78, 5) is 22.3. The van der Waals surface area contributed by atoms with E-state index in [-0.39, 0.29) is 0 Å². The molecule has 0 aliphatic rings. The maximum atomic E-state index is 11.2. The first-order valence-corrected chi connectivity index (χ1v) is 8.05. The zero-order valence-electron chi connectivity index (χ0n) is 14.3. The van der Waals surface area contributed by atoms with E-state index < -0.39 is 5.91 Å². The summed E-state index contributed by atoms with van der Waals surface area (Å²) in [6, 6.07) is 15.2. The molecule has 6 heteroatoms. The SMILES string of the molecule is Cc1c(C(N)=O)ccc(-c2cccnc2)c1N.c1ccc2[nH]cnc2c1. The van der Waals surface area contributed by atoms with Crippen molar-refractivity contribution in [2.45, 2.75) is 6.92 Å². The normalized spacial score (nSPS) is 10.2. The minimum atomic E-state index is -0.466. The molecule has 2 aromatic heterocycles. The number of H-pyrrole nitrogens is 1. The molecule has 26 heavy (non-hydrogen) atoms. The molecule has 0 unspecified atom stereocenters. The van der Waals surface area contributed by atoms with Crippen molar-refractivity contribution in [2.75, 3.05) is 5.73 Å². The number of fused-ring (bicyclic) bond motifs is 1. The van der Waals surface area contributed by atoms with Crippen molar-refractivity contribution in [3.8, 4) is 11.1 Å². The van der Waals surface area contributed by atoms with Gasteiger partial charge in [0.2, 0.25) is 5.91 Å². The van der Waals surface area contributed by atoms with Gasteiger partial charge in [-0.25, -0.2) is 4.98 Å². The van der Waals surface area contributed by atoms with Gasteiger partial charge in [-0.3, -0.25) is 9.78 Å². The number of primary amides is 1. The molecule has 2 aromatic carbocycles. The lowest BCUT2D eigenvalue weighted by Gasteiger charge is -2.11. The summed E-state index contributed by atoms with van der Waals surface area (Å²) < 4.78 is 0. The maximum absolute atomic E-state index is 11.2. The number of pyridine rings is 1. The molecule has 2 heterocycles. The van der Waals surface area contributed by atoms with E-state index in [9.17, 15) is 4.79 Å². The van der Waals surface area contributed by atoms with Gasteiger partial charge in [-0.1, -0.05) is 24.3 Å². The lowest BCUT2D eigenvalue weighted by Crippen LogP contribution is -2.13. The van der Waals surface area contributed by atoms with Crippen molar-refractivity contribution in [2.24, 2.45) is 5.73 Å². The van der Waals surface area contributed by atoms with Gasteiger partial charge >= 0.3 is 0 Å². The first-order valence-electron chi connectivity index (χ1n) is 8.05. The lowest BCUT2D eigenvalue weighted by atomic mass is 9.98. The molecule has 0 aliphatic heterocycles. The van der Waals surface area contributed by atoms with Crippen molar-refractivity contribution < 1.29 is 4.79 Å². The van der Waals surface area contributed by atoms with Crippen LogP contribution in [-0.4, -0.2) is 20.9 Å². The number of hydrogen-bond acceptors (Lipinski definition) is 4. The zero-order chi connectivity index (χ0) is 18.5. The standard InChI is InChI=1S/C13H13N3O.C7H6N2/c1-8-10(13(15)17)4-5-11(12(8)14)9-3-2-6-16-7-9;1-2-4-7-6(3-1)8-5-9-7/h2-7H,14H2,1H3,(H2,15,17);1-5H,(H,8,9). The summed E-state index contributed by atoms with van der Waals surface area (Å²) in [7, 11) is 0. The number of carbonyl (C=O) groups is 1. The Kier molecular flexibility index (Phi) is 4.94. The third-order valence-electron chi connectivity index (χ3n) is 4.08. The van der Waals surface area contributed by atoms with Gasteiger partial charge < -0.3 is 16.5 Å². The minimum absolute atomic E-state index is 0.454. The number of nitrogens with two attached hydrogens (primary N) is 2. The van der Waals surface area contributed by atoms with E-state index in [2.05, 4.69) is 15.0 Å². The molecular weight excluding hydrogens is 326 g/mol. The van der Waals surface area contributed by atoms with Crippen molar-refractivity contribution in [3.05, 3.63) is 78.4 Å². The second-order valence-electron chi connectivity index (χ2n) is 5.72. The highest BCUT2D eigenvalue weighted by Gasteiger charge is 2.11. The number of nitrogens with one attached hydrogen (secondary N) is 1. The van der Waals surface area contributed by atoms with Crippen molar-refractivity contribution in [1.29, 1.82) is 0 Å². The van der Waals surface area contributed by atoms with Crippen LogP contribution in [0.3, 0.4) is 0 Å². The molecule has 4 rings (SSSR count). The van der Waals surface area contributed by atoms with Gasteiger partial charge in [-0.05, 0) is 36.8 Å². The van der Waals surface area contributed by atoms with Gasteiger partial charge in [0.1, 0.15) is 0 Å². The molecule has 1 amide bonds. The predicted molar refractivity (Wildman–Crippen MR) is 103 cm³/mol. The third-order valence-corrected chi connectivity index (χ3v) is 4.08. The van der Waals surface area contributed by atoms with Gasteiger partial charge in [-0.2, -0.15) is 0 Å². The second-order valence-corrected chi connectivity index (χ2v) is 5.72. The fourth-order valence-corrected chi connectivity index (χ4v) is 2.65. The highest BCUT2D eigenvalue weighted by atomic mass is 16.1. The number of para-hydroxylation sites is 2. The molecule has 0 spiro atoms. The van der Waals surface area contributed by atoms with Gasteiger partial charge in [-0.15, -0.1) is 0 Å².